The second-order valence-corrected chi connectivity index (χ2v) is 12.0. The monoisotopic (exact) mass is 610 g/mol. The lowest BCUT2D eigenvalue weighted by atomic mass is 9.89. The lowest BCUT2D eigenvalue weighted by Gasteiger charge is -2.18. The second-order valence-electron chi connectivity index (χ2n) is 12.0. The Balaban J connectivity index is 1.30. The van der Waals surface area contributed by atoms with Gasteiger partial charge in [0.2, 0.25) is 0 Å². The third kappa shape index (κ3) is 4.07. The normalized spacial score (nSPS) is 11.3. The Morgan fingerprint density at radius 2 is 1.00 bits per heavy atom. The van der Waals surface area contributed by atoms with E-state index in [0.717, 1.165) is 66.5 Å². The molecule has 0 spiro atoms. The highest BCUT2D eigenvalue weighted by Crippen LogP contribution is 2.42. The number of aromatic nitrogens is 2. The smallest absolute Gasteiger partial charge is 0.0998 e. The van der Waals surface area contributed by atoms with Crippen LogP contribution in [0.4, 0.5) is 0 Å². The van der Waals surface area contributed by atoms with Crippen molar-refractivity contribution in [1.82, 2.24) is 9.13 Å². The third-order valence-electron chi connectivity index (χ3n) is 9.40. The number of fused-ring (bicyclic) bond motifs is 6. The molecule has 9 aromatic rings. The molecule has 0 unspecified atom stereocenters. The van der Waals surface area contributed by atoms with Crippen molar-refractivity contribution in [3.63, 3.8) is 0 Å². The molecule has 222 valence electrons. The molecular weight excluding hydrogens is 585 g/mol. The topological polar surface area (TPSA) is 57.4 Å². The van der Waals surface area contributed by atoms with E-state index >= 15 is 0 Å². The van der Waals surface area contributed by atoms with Gasteiger partial charge in [0.1, 0.15) is 0 Å². The lowest BCUT2D eigenvalue weighted by molar-refractivity contribution is 1.18. The van der Waals surface area contributed by atoms with E-state index in [1.54, 1.807) is 0 Å². The van der Waals surface area contributed by atoms with Gasteiger partial charge in [-0.25, -0.2) is 0 Å². The van der Waals surface area contributed by atoms with E-state index in [1.165, 1.54) is 10.8 Å². The highest BCUT2D eigenvalue weighted by molar-refractivity contribution is 6.11. The summed E-state index contributed by atoms with van der Waals surface area (Å²) in [5.74, 6) is 0. The van der Waals surface area contributed by atoms with E-state index in [-0.39, 0.29) is 0 Å². The average molecular weight is 611 g/mol. The largest absolute Gasteiger partial charge is 0.309 e. The Labute approximate surface area is 277 Å². The quantitative estimate of drug-likeness (QED) is 0.199. The molecule has 0 N–H and O–H groups in total. The van der Waals surface area contributed by atoms with Crippen molar-refractivity contribution in [3.05, 3.63) is 169 Å². The third-order valence-corrected chi connectivity index (χ3v) is 9.40. The van der Waals surface area contributed by atoms with Crippen LogP contribution in [0.5, 0.6) is 0 Å². The standard InChI is InChI=1S/C44H26N4/c45-27-29-23-24-37-36-16-1-5-19-39(36)47(43(37)25-29)32-13-9-11-30(26-32)33-18-10-12-31(28-46)44(33)38-17-4-8-22-42(38)48-40-20-6-2-14-34(40)35-15-3-7-21-41(35)48/h1-26H. The molecule has 0 bridgehead atoms. The fraction of sp³-hybridized carbons (Fsp3) is 0. The summed E-state index contributed by atoms with van der Waals surface area (Å²) in [4.78, 5) is 0. The molecule has 0 radical (unpaired) electrons. The minimum atomic E-state index is 0.613. The number of nitriles is 2. The van der Waals surface area contributed by atoms with Gasteiger partial charge in [-0.2, -0.15) is 10.5 Å². The summed E-state index contributed by atoms with van der Waals surface area (Å²) in [6.07, 6.45) is 0. The lowest BCUT2D eigenvalue weighted by Crippen LogP contribution is -2.00. The molecule has 0 aliphatic heterocycles. The number of hydrogen-bond donors (Lipinski definition) is 0. The number of para-hydroxylation sites is 4. The average Bonchev–Trinajstić information content (AvgIpc) is 3.67. The molecule has 0 amide bonds. The van der Waals surface area contributed by atoms with Crippen molar-refractivity contribution < 1.29 is 0 Å². The van der Waals surface area contributed by atoms with Crippen LogP contribution in [0.1, 0.15) is 11.1 Å². The van der Waals surface area contributed by atoms with E-state index in [4.69, 9.17) is 0 Å². The first-order chi connectivity index (χ1) is 23.7. The highest BCUT2D eigenvalue weighted by Gasteiger charge is 2.20. The van der Waals surface area contributed by atoms with Gasteiger partial charge in [0, 0.05) is 38.4 Å². The predicted octanol–water partition coefficient (Wildman–Crippen LogP) is 11.0. The Morgan fingerprint density at radius 1 is 0.417 bits per heavy atom. The molecule has 48 heavy (non-hydrogen) atoms. The maximum Gasteiger partial charge on any atom is 0.0998 e. The number of benzene rings is 7. The van der Waals surface area contributed by atoms with Crippen molar-refractivity contribution in [3.8, 4) is 45.8 Å². The molecule has 0 aliphatic carbocycles. The summed E-state index contributed by atoms with van der Waals surface area (Å²) in [5, 5.41) is 24.9. The molecule has 0 fully saturated rings. The van der Waals surface area contributed by atoms with Gasteiger partial charge in [0.15, 0.2) is 0 Å². The maximum absolute atomic E-state index is 10.5. The minimum Gasteiger partial charge on any atom is -0.309 e. The van der Waals surface area contributed by atoms with Crippen molar-refractivity contribution in [1.29, 1.82) is 10.5 Å². The molecule has 0 atom stereocenters. The van der Waals surface area contributed by atoms with Gasteiger partial charge in [-0.05, 0) is 65.7 Å². The summed E-state index contributed by atoms with van der Waals surface area (Å²) in [6, 6.07) is 58.9. The van der Waals surface area contributed by atoms with Crippen molar-refractivity contribution >= 4 is 43.6 Å². The molecule has 9 rings (SSSR count). The summed E-state index contributed by atoms with van der Waals surface area (Å²) in [6.45, 7) is 0. The van der Waals surface area contributed by atoms with Gasteiger partial charge in [0.25, 0.3) is 0 Å². The zero-order chi connectivity index (χ0) is 32.2. The van der Waals surface area contributed by atoms with Gasteiger partial charge < -0.3 is 9.13 Å². The summed E-state index contributed by atoms with van der Waals surface area (Å²) in [7, 11) is 0. The molecule has 0 saturated carbocycles. The molecule has 7 aromatic carbocycles. The van der Waals surface area contributed by atoms with Crippen LogP contribution in [0.3, 0.4) is 0 Å². The molecule has 2 aromatic heterocycles. The summed E-state index contributed by atoms with van der Waals surface area (Å²) >= 11 is 0. The van der Waals surface area contributed by atoms with Crippen LogP contribution in [0.2, 0.25) is 0 Å². The van der Waals surface area contributed by atoms with E-state index in [9.17, 15) is 10.5 Å². The predicted molar refractivity (Wildman–Crippen MR) is 195 cm³/mol. The van der Waals surface area contributed by atoms with E-state index in [0.29, 0.717) is 11.1 Å². The Hall–Kier alpha value is -6.88. The molecule has 2 heterocycles. The van der Waals surface area contributed by atoms with Crippen LogP contribution in [-0.2, 0) is 0 Å². The molecule has 4 nitrogen and oxygen atoms in total. The first kappa shape index (κ1) is 27.4. The zero-order valence-corrected chi connectivity index (χ0v) is 25.8. The number of nitrogens with zero attached hydrogens (tertiary/aromatic N) is 4. The first-order valence-electron chi connectivity index (χ1n) is 15.9. The Kier molecular flexibility index (Phi) is 6.22. The summed E-state index contributed by atoms with van der Waals surface area (Å²) in [5.41, 5.74) is 11.4. The SMILES string of the molecule is N#Cc1ccc2c3ccccc3n(-c3cccc(-c4cccc(C#N)c4-c4ccccc4-n4c5ccccc5c5ccccc54)c3)c2c1. The summed E-state index contributed by atoms with van der Waals surface area (Å²) < 4.78 is 4.55. The van der Waals surface area contributed by atoms with Crippen LogP contribution in [0.25, 0.3) is 77.2 Å². The van der Waals surface area contributed by atoms with Gasteiger partial charge in [-0.3, -0.25) is 0 Å². The second kappa shape index (κ2) is 10.9. The van der Waals surface area contributed by atoms with Crippen LogP contribution in [0, 0.1) is 22.7 Å². The van der Waals surface area contributed by atoms with Gasteiger partial charge >= 0.3 is 0 Å². The minimum absolute atomic E-state index is 0.613. The van der Waals surface area contributed by atoms with Crippen molar-refractivity contribution in [2.75, 3.05) is 0 Å². The van der Waals surface area contributed by atoms with Crippen LogP contribution in [0.15, 0.2) is 158 Å². The van der Waals surface area contributed by atoms with Gasteiger partial charge in [0.05, 0.1) is 51.0 Å². The van der Waals surface area contributed by atoms with Crippen LogP contribution < -0.4 is 0 Å². The first-order valence-corrected chi connectivity index (χ1v) is 15.9. The molecular formula is C44H26N4. The number of hydrogen-bond acceptors (Lipinski definition) is 2. The fourth-order valence-corrected chi connectivity index (χ4v) is 7.37. The fourth-order valence-electron chi connectivity index (χ4n) is 7.37. The van der Waals surface area contributed by atoms with Gasteiger partial charge in [-0.1, -0.05) is 103 Å². The van der Waals surface area contributed by atoms with Gasteiger partial charge in [-0.15, -0.1) is 0 Å². The van der Waals surface area contributed by atoms with Crippen LogP contribution in [-0.4, -0.2) is 9.13 Å². The Morgan fingerprint density at radius 3 is 1.69 bits per heavy atom. The van der Waals surface area contributed by atoms with Crippen molar-refractivity contribution in [2.45, 2.75) is 0 Å². The van der Waals surface area contributed by atoms with Crippen LogP contribution >= 0.6 is 0 Å². The van der Waals surface area contributed by atoms with E-state index in [1.807, 2.05) is 42.5 Å². The van der Waals surface area contributed by atoms with E-state index < -0.39 is 0 Å². The zero-order valence-electron chi connectivity index (χ0n) is 25.8. The molecule has 0 saturated heterocycles. The molecule has 0 aliphatic rings. The number of rotatable bonds is 4. The highest BCUT2D eigenvalue weighted by atomic mass is 15.0. The van der Waals surface area contributed by atoms with E-state index in [2.05, 4.69) is 137 Å². The Bertz CT molecular complexity index is 2760. The maximum atomic E-state index is 10.5. The van der Waals surface area contributed by atoms with Crippen molar-refractivity contribution in [2.24, 2.45) is 0 Å². The molecule has 4 heteroatoms.